The van der Waals surface area contributed by atoms with E-state index in [0.29, 0.717) is 18.0 Å². The minimum atomic E-state index is -0.292. The zero-order valence-corrected chi connectivity index (χ0v) is 19.8. The van der Waals surface area contributed by atoms with Crippen molar-refractivity contribution in [3.63, 3.8) is 0 Å². The van der Waals surface area contributed by atoms with Crippen molar-refractivity contribution in [2.24, 2.45) is 0 Å². The number of amides is 1. The quantitative estimate of drug-likeness (QED) is 0.379. The topological polar surface area (TPSA) is 77.6 Å². The second kappa shape index (κ2) is 9.13. The summed E-state index contributed by atoms with van der Waals surface area (Å²) in [4.78, 5) is 17.3. The van der Waals surface area contributed by atoms with Gasteiger partial charge in [0.25, 0.3) is 0 Å². The third-order valence-corrected chi connectivity index (χ3v) is 6.09. The maximum atomic E-state index is 13.4. The molecule has 5 aromatic rings. The Balaban J connectivity index is 1.36. The van der Waals surface area contributed by atoms with Gasteiger partial charge >= 0.3 is 0 Å². The van der Waals surface area contributed by atoms with Crippen LogP contribution in [-0.4, -0.2) is 30.5 Å². The molecule has 0 spiro atoms. The van der Waals surface area contributed by atoms with Crippen molar-refractivity contribution in [3.05, 3.63) is 95.2 Å². The third kappa shape index (κ3) is 4.55. The Morgan fingerprint density at radius 3 is 2.51 bits per heavy atom. The Hall–Kier alpha value is -4.33. The average Bonchev–Trinajstić information content (AvgIpc) is 3.34. The molecule has 0 bridgehead atoms. The predicted molar refractivity (Wildman–Crippen MR) is 134 cm³/mol. The van der Waals surface area contributed by atoms with Crippen LogP contribution in [0, 0.1) is 26.6 Å². The molecule has 2 aromatic carbocycles. The number of hydrogen-bond donors (Lipinski definition) is 1. The molecular weight excluding hydrogens is 443 g/mol. The zero-order chi connectivity index (χ0) is 24.5. The van der Waals surface area contributed by atoms with Crippen LogP contribution in [0.3, 0.4) is 0 Å². The second-order valence-corrected chi connectivity index (χ2v) is 8.61. The molecular formula is C27H25FN6O. The number of anilines is 1. The van der Waals surface area contributed by atoms with E-state index in [-0.39, 0.29) is 18.3 Å². The zero-order valence-electron chi connectivity index (χ0n) is 19.8. The average molecular weight is 469 g/mol. The number of benzene rings is 2. The highest BCUT2D eigenvalue weighted by atomic mass is 19.1. The van der Waals surface area contributed by atoms with Crippen molar-refractivity contribution in [1.29, 1.82) is 0 Å². The van der Waals surface area contributed by atoms with Gasteiger partial charge in [0.15, 0.2) is 11.5 Å². The second-order valence-electron chi connectivity index (χ2n) is 8.61. The number of nitrogens with zero attached hydrogens (tertiary/aromatic N) is 5. The fourth-order valence-corrected chi connectivity index (χ4v) is 4.26. The highest BCUT2D eigenvalue weighted by Gasteiger charge is 2.17. The van der Waals surface area contributed by atoms with Gasteiger partial charge in [-0.25, -0.2) is 14.1 Å². The SMILES string of the molecule is Cc1ccccc1Cn1nc(NC(=O)Cn2nc(C)c3c(-c4ccc(F)cc4)ccnc32)cc1C. The standard InChI is InChI=1S/C27H25FN6O/c1-17-6-4-5-7-21(17)15-33-18(2)14-24(32-33)30-25(35)16-34-27-26(19(3)31-34)23(12-13-29-27)20-8-10-22(28)11-9-20/h4-14H,15-16H2,1-3H3,(H,30,32,35). The maximum absolute atomic E-state index is 13.4. The van der Waals surface area contributed by atoms with E-state index in [0.717, 1.165) is 27.9 Å². The number of rotatable bonds is 6. The van der Waals surface area contributed by atoms with Crippen LogP contribution in [0.4, 0.5) is 10.2 Å². The number of carbonyl (C=O) groups is 1. The summed E-state index contributed by atoms with van der Waals surface area (Å²) in [5, 5.41) is 12.8. The van der Waals surface area contributed by atoms with Gasteiger partial charge in [0.2, 0.25) is 5.91 Å². The first kappa shape index (κ1) is 22.5. The van der Waals surface area contributed by atoms with Gasteiger partial charge in [0.1, 0.15) is 12.4 Å². The summed E-state index contributed by atoms with van der Waals surface area (Å²) in [5.74, 6) is -0.0436. The van der Waals surface area contributed by atoms with Gasteiger partial charge in [0, 0.05) is 23.3 Å². The van der Waals surface area contributed by atoms with Gasteiger partial charge in [-0.15, -0.1) is 0 Å². The van der Waals surface area contributed by atoms with Crippen LogP contribution in [0.15, 0.2) is 66.9 Å². The summed E-state index contributed by atoms with van der Waals surface area (Å²) in [6.07, 6.45) is 1.67. The molecule has 0 radical (unpaired) electrons. The number of hydrogen-bond acceptors (Lipinski definition) is 4. The third-order valence-electron chi connectivity index (χ3n) is 6.09. The Morgan fingerprint density at radius 2 is 1.74 bits per heavy atom. The largest absolute Gasteiger partial charge is 0.308 e. The Labute approximate surface area is 202 Å². The fourth-order valence-electron chi connectivity index (χ4n) is 4.26. The van der Waals surface area contributed by atoms with Crippen LogP contribution in [0.25, 0.3) is 22.2 Å². The number of carbonyl (C=O) groups excluding carboxylic acids is 1. The lowest BCUT2D eigenvalue weighted by molar-refractivity contribution is -0.116. The van der Waals surface area contributed by atoms with Crippen LogP contribution >= 0.6 is 0 Å². The molecule has 0 atom stereocenters. The Bertz CT molecular complexity index is 1530. The number of fused-ring (bicyclic) bond motifs is 1. The lowest BCUT2D eigenvalue weighted by Crippen LogP contribution is -2.20. The van der Waals surface area contributed by atoms with Crippen LogP contribution in [0.5, 0.6) is 0 Å². The van der Waals surface area contributed by atoms with E-state index < -0.39 is 0 Å². The van der Waals surface area contributed by atoms with Crippen LogP contribution in [0.2, 0.25) is 0 Å². The highest BCUT2D eigenvalue weighted by molar-refractivity contribution is 5.96. The normalized spacial score (nSPS) is 11.2. The lowest BCUT2D eigenvalue weighted by Gasteiger charge is -2.07. The highest BCUT2D eigenvalue weighted by Crippen LogP contribution is 2.30. The van der Waals surface area contributed by atoms with Gasteiger partial charge in [-0.1, -0.05) is 36.4 Å². The van der Waals surface area contributed by atoms with Gasteiger partial charge in [-0.2, -0.15) is 10.2 Å². The van der Waals surface area contributed by atoms with Crippen molar-refractivity contribution in [2.45, 2.75) is 33.9 Å². The molecule has 35 heavy (non-hydrogen) atoms. The number of aryl methyl sites for hydroxylation is 3. The van der Waals surface area contributed by atoms with Gasteiger partial charge in [-0.05, 0) is 61.2 Å². The number of halogens is 1. The number of pyridine rings is 1. The number of nitrogens with one attached hydrogen (secondary N) is 1. The maximum Gasteiger partial charge on any atom is 0.247 e. The molecule has 0 aliphatic heterocycles. The lowest BCUT2D eigenvalue weighted by atomic mass is 10.0. The molecule has 1 N–H and O–H groups in total. The minimum absolute atomic E-state index is 0.00604. The first-order valence-electron chi connectivity index (χ1n) is 11.4. The molecule has 0 aliphatic rings. The summed E-state index contributed by atoms with van der Waals surface area (Å²) < 4.78 is 16.9. The molecule has 176 valence electrons. The van der Waals surface area contributed by atoms with Crippen LogP contribution in [0.1, 0.15) is 22.5 Å². The van der Waals surface area contributed by atoms with E-state index in [1.165, 1.54) is 23.3 Å². The molecule has 3 aromatic heterocycles. The molecule has 0 fully saturated rings. The molecule has 0 unspecified atom stereocenters. The van der Waals surface area contributed by atoms with E-state index in [1.54, 1.807) is 23.0 Å². The smallest absolute Gasteiger partial charge is 0.247 e. The first-order valence-corrected chi connectivity index (χ1v) is 11.4. The predicted octanol–water partition coefficient (Wildman–Crippen LogP) is 5.05. The Kier molecular flexibility index (Phi) is 5.86. The fraction of sp³-hybridized carbons (Fsp3) is 0.185. The van der Waals surface area contributed by atoms with Crippen molar-refractivity contribution >= 4 is 22.8 Å². The van der Waals surface area contributed by atoms with E-state index in [4.69, 9.17) is 0 Å². The molecule has 8 heteroatoms. The van der Waals surface area contributed by atoms with Crippen molar-refractivity contribution < 1.29 is 9.18 Å². The summed E-state index contributed by atoms with van der Waals surface area (Å²) >= 11 is 0. The molecule has 3 heterocycles. The summed E-state index contributed by atoms with van der Waals surface area (Å²) in [6.45, 7) is 6.54. The van der Waals surface area contributed by atoms with E-state index in [1.807, 2.05) is 42.8 Å². The molecule has 0 aliphatic carbocycles. The summed E-state index contributed by atoms with van der Waals surface area (Å²) in [7, 11) is 0. The van der Waals surface area contributed by atoms with Crippen LogP contribution in [-0.2, 0) is 17.9 Å². The van der Waals surface area contributed by atoms with Crippen molar-refractivity contribution in [2.75, 3.05) is 5.32 Å². The molecule has 1 amide bonds. The molecule has 0 saturated heterocycles. The van der Waals surface area contributed by atoms with Gasteiger partial charge in [-0.3, -0.25) is 9.48 Å². The van der Waals surface area contributed by atoms with Crippen molar-refractivity contribution in [3.8, 4) is 11.1 Å². The van der Waals surface area contributed by atoms with E-state index in [2.05, 4.69) is 39.6 Å². The molecule has 5 rings (SSSR count). The first-order chi connectivity index (χ1) is 16.9. The minimum Gasteiger partial charge on any atom is -0.308 e. The number of aromatic nitrogens is 5. The molecule has 0 saturated carbocycles. The van der Waals surface area contributed by atoms with Crippen molar-refractivity contribution in [1.82, 2.24) is 24.5 Å². The van der Waals surface area contributed by atoms with Gasteiger partial charge in [0.05, 0.1) is 12.2 Å². The summed E-state index contributed by atoms with van der Waals surface area (Å²) in [5.41, 5.74) is 6.43. The molecule has 7 nitrogen and oxygen atoms in total. The van der Waals surface area contributed by atoms with E-state index >= 15 is 0 Å². The van der Waals surface area contributed by atoms with Gasteiger partial charge < -0.3 is 5.32 Å². The van der Waals surface area contributed by atoms with E-state index in [9.17, 15) is 9.18 Å². The Morgan fingerprint density at radius 1 is 0.971 bits per heavy atom. The summed E-state index contributed by atoms with van der Waals surface area (Å²) in [6, 6.07) is 18.2. The monoisotopic (exact) mass is 468 g/mol. The van der Waals surface area contributed by atoms with Crippen LogP contribution < -0.4 is 5.32 Å².